The third-order valence-corrected chi connectivity index (χ3v) is 6.95. The van der Waals surface area contributed by atoms with Crippen LogP contribution in [-0.2, 0) is 16.8 Å². The van der Waals surface area contributed by atoms with Crippen LogP contribution in [0.2, 0.25) is 5.02 Å². The SMILES string of the molecule is CCOC[C@H]1C[C@]2(CN(CC)C(=O)c3c(O)c(=O)c(C(=O)NCc4cccc(Cl)c4F)cn32)C1. The first-order chi connectivity index (χ1) is 16.2. The molecule has 1 aliphatic heterocycles. The number of likely N-dealkylation sites (N-methyl/N-ethyl adjacent to an activating group) is 1. The maximum Gasteiger partial charge on any atom is 0.274 e. The van der Waals surface area contributed by atoms with E-state index < -0.39 is 34.3 Å². The number of rotatable bonds is 7. The molecule has 10 heteroatoms. The Morgan fingerprint density at radius 3 is 2.74 bits per heavy atom. The summed E-state index contributed by atoms with van der Waals surface area (Å²) in [5.74, 6) is -2.38. The monoisotopic (exact) mass is 491 g/mol. The number of pyridine rings is 1. The maximum absolute atomic E-state index is 14.2. The van der Waals surface area contributed by atoms with Gasteiger partial charge in [-0.15, -0.1) is 0 Å². The molecular formula is C24H27ClFN3O5. The van der Waals surface area contributed by atoms with Crippen molar-refractivity contribution in [3.8, 4) is 5.75 Å². The molecule has 1 spiro atoms. The van der Waals surface area contributed by atoms with E-state index in [1.807, 2.05) is 13.8 Å². The van der Waals surface area contributed by atoms with Crippen LogP contribution < -0.4 is 10.7 Å². The second-order valence-corrected chi connectivity index (χ2v) is 9.22. The van der Waals surface area contributed by atoms with Crippen molar-refractivity contribution >= 4 is 23.4 Å². The van der Waals surface area contributed by atoms with Crippen LogP contribution >= 0.6 is 11.6 Å². The molecule has 182 valence electrons. The van der Waals surface area contributed by atoms with Crippen molar-refractivity contribution < 1.29 is 23.8 Å². The number of amides is 2. The molecule has 2 aromatic rings. The van der Waals surface area contributed by atoms with E-state index in [1.54, 1.807) is 15.5 Å². The normalized spacial score (nSPS) is 21.4. The number of carbonyl (C=O) groups excluding carboxylic acids is 2. The molecule has 2 heterocycles. The van der Waals surface area contributed by atoms with Crippen molar-refractivity contribution in [1.82, 2.24) is 14.8 Å². The molecule has 1 aromatic heterocycles. The highest BCUT2D eigenvalue weighted by atomic mass is 35.5. The molecule has 0 radical (unpaired) electrons. The number of aromatic hydroxyl groups is 1. The van der Waals surface area contributed by atoms with Gasteiger partial charge in [0.1, 0.15) is 11.4 Å². The molecule has 2 aliphatic rings. The van der Waals surface area contributed by atoms with Crippen molar-refractivity contribution in [3.63, 3.8) is 0 Å². The van der Waals surface area contributed by atoms with E-state index in [0.717, 1.165) is 0 Å². The second-order valence-electron chi connectivity index (χ2n) is 8.81. The molecular weight excluding hydrogens is 465 g/mol. The predicted octanol–water partition coefficient (Wildman–Crippen LogP) is 2.89. The standard InChI is InChI=1S/C24H27ClFN3O5/c1-3-28-13-24(8-14(9-24)12-34-4-2)29-11-16(20(30)21(31)19(29)23(28)33)22(32)27-10-15-6-5-7-17(25)18(15)26/h5-7,11,14,31H,3-4,8-10,12-13H2,1-2H3,(H,27,32)/t14-,24+. The van der Waals surface area contributed by atoms with Crippen molar-refractivity contribution in [3.05, 3.63) is 62.3 Å². The topological polar surface area (TPSA) is 101 Å². The van der Waals surface area contributed by atoms with Crippen LogP contribution in [0.25, 0.3) is 0 Å². The first-order valence-electron chi connectivity index (χ1n) is 11.3. The van der Waals surface area contributed by atoms with Gasteiger partial charge in [-0.05, 0) is 38.7 Å². The molecule has 8 nitrogen and oxygen atoms in total. The van der Waals surface area contributed by atoms with Crippen molar-refractivity contribution in [1.29, 1.82) is 0 Å². The summed E-state index contributed by atoms with van der Waals surface area (Å²) in [6.07, 6.45) is 2.71. The summed E-state index contributed by atoms with van der Waals surface area (Å²) >= 11 is 5.79. The molecule has 0 bridgehead atoms. The van der Waals surface area contributed by atoms with Gasteiger partial charge in [0.25, 0.3) is 11.8 Å². The Balaban J connectivity index is 1.67. The van der Waals surface area contributed by atoms with E-state index in [4.69, 9.17) is 16.3 Å². The maximum atomic E-state index is 14.2. The summed E-state index contributed by atoms with van der Waals surface area (Å²) in [6, 6.07) is 4.42. The molecule has 1 aromatic carbocycles. The van der Waals surface area contributed by atoms with Gasteiger partial charge in [0, 0.05) is 44.6 Å². The average Bonchev–Trinajstić information content (AvgIpc) is 2.80. The number of carbonyl (C=O) groups is 2. The van der Waals surface area contributed by atoms with Gasteiger partial charge >= 0.3 is 0 Å². The third-order valence-electron chi connectivity index (χ3n) is 6.66. The Labute approximate surface area is 201 Å². The minimum absolute atomic E-state index is 0.0780. The number of halogens is 2. The van der Waals surface area contributed by atoms with E-state index in [0.29, 0.717) is 39.1 Å². The fraction of sp³-hybridized carbons (Fsp3) is 0.458. The van der Waals surface area contributed by atoms with Crippen molar-refractivity contribution in [2.24, 2.45) is 5.92 Å². The molecule has 34 heavy (non-hydrogen) atoms. The number of nitrogens with zero attached hydrogens (tertiary/aromatic N) is 2. The van der Waals surface area contributed by atoms with Crippen LogP contribution in [0.1, 0.15) is 53.1 Å². The van der Waals surface area contributed by atoms with Gasteiger partial charge in [-0.3, -0.25) is 14.4 Å². The average molecular weight is 492 g/mol. The molecule has 1 fully saturated rings. The minimum atomic E-state index is -0.943. The minimum Gasteiger partial charge on any atom is -0.503 e. The highest BCUT2D eigenvalue weighted by molar-refractivity contribution is 6.30. The Kier molecular flexibility index (Phi) is 6.69. The molecule has 4 rings (SSSR count). The molecule has 1 aliphatic carbocycles. The quantitative estimate of drug-likeness (QED) is 0.620. The summed E-state index contributed by atoms with van der Waals surface area (Å²) in [6.45, 7) is 5.58. The number of fused-ring (bicyclic) bond motifs is 2. The van der Waals surface area contributed by atoms with Crippen LogP contribution in [0.4, 0.5) is 4.39 Å². The number of hydrogen-bond acceptors (Lipinski definition) is 5. The lowest BCUT2D eigenvalue weighted by Gasteiger charge is -2.54. The van der Waals surface area contributed by atoms with E-state index in [1.165, 1.54) is 18.3 Å². The lowest BCUT2D eigenvalue weighted by atomic mass is 9.66. The van der Waals surface area contributed by atoms with Gasteiger partial charge in [0.2, 0.25) is 5.43 Å². The molecule has 2 N–H and O–H groups in total. The zero-order valence-electron chi connectivity index (χ0n) is 19.1. The molecule has 1 saturated carbocycles. The molecule has 0 saturated heterocycles. The van der Waals surface area contributed by atoms with Crippen LogP contribution in [0, 0.1) is 11.7 Å². The fourth-order valence-corrected chi connectivity index (χ4v) is 5.14. The first kappa shape index (κ1) is 24.2. The van der Waals surface area contributed by atoms with E-state index in [-0.39, 0.29) is 34.3 Å². The predicted molar refractivity (Wildman–Crippen MR) is 124 cm³/mol. The van der Waals surface area contributed by atoms with Crippen molar-refractivity contribution in [2.75, 3.05) is 26.3 Å². The van der Waals surface area contributed by atoms with E-state index >= 15 is 0 Å². The Bertz CT molecular complexity index is 1190. The van der Waals surface area contributed by atoms with Crippen LogP contribution in [-0.4, -0.2) is 52.7 Å². The summed E-state index contributed by atoms with van der Waals surface area (Å²) in [7, 11) is 0. The van der Waals surface area contributed by atoms with Gasteiger partial charge in [0.15, 0.2) is 11.4 Å². The number of aromatic nitrogens is 1. The molecule has 0 unspecified atom stereocenters. The number of ether oxygens (including phenoxy) is 1. The zero-order chi connectivity index (χ0) is 24.6. The highest BCUT2D eigenvalue weighted by Crippen LogP contribution is 2.48. The van der Waals surface area contributed by atoms with Crippen LogP contribution in [0.3, 0.4) is 0 Å². The Morgan fingerprint density at radius 2 is 2.06 bits per heavy atom. The lowest BCUT2D eigenvalue weighted by Crippen LogP contribution is -2.61. The Hall–Kier alpha value is -2.91. The number of nitrogens with one attached hydrogen (secondary N) is 1. The number of benzene rings is 1. The summed E-state index contributed by atoms with van der Waals surface area (Å²) < 4.78 is 21.3. The Morgan fingerprint density at radius 1 is 1.32 bits per heavy atom. The summed E-state index contributed by atoms with van der Waals surface area (Å²) in [5.41, 5.74) is -1.74. The summed E-state index contributed by atoms with van der Waals surface area (Å²) in [5, 5.41) is 13.2. The van der Waals surface area contributed by atoms with Crippen LogP contribution in [0.15, 0.2) is 29.2 Å². The number of hydrogen-bond donors (Lipinski definition) is 2. The molecule has 0 atom stereocenters. The van der Waals surface area contributed by atoms with Gasteiger partial charge < -0.3 is 24.6 Å². The highest BCUT2D eigenvalue weighted by Gasteiger charge is 2.52. The summed E-state index contributed by atoms with van der Waals surface area (Å²) in [4.78, 5) is 40.4. The third kappa shape index (κ3) is 4.07. The van der Waals surface area contributed by atoms with Crippen LogP contribution in [0.5, 0.6) is 5.75 Å². The smallest absolute Gasteiger partial charge is 0.274 e. The molecule has 2 amide bonds. The largest absolute Gasteiger partial charge is 0.503 e. The lowest BCUT2D eigenvalue weighted by molar-refractivity contribution is -0.0295. The fourth-order valence-electron chi connectivity index (χ4n) is 4.95. The van der Waals surface area contributed by atoms with E-state index in [9.17, 15) is 23.9 Å². The first-order valence-corrected chi connectivity index (χ1v) is 11.7. The van der Waals surface area contributed by atoms with E-state index in [2.05, 4.69) is 5.32 Å². The van der Waals surface area contributed by atoms with Gasteiger partial charge in [-0.25, -0.2) is 4.39 Å². The zero-order valence-corrected chi connectivity index (χ0v) is 19.8. The van der Waals surface area contributed by atoms with Gasteiger partial charge in [0.05, 0.1) is 10.6 Å². The van der Waals surface area contributed by atoms with Gasteiger partial charge in [-0.1, -0.05) is 23.7 Å². The second kappa shape index (κ2) is 9.38. The van der Waals surface area contributed by atoms with Crippen molar-refractivity contribution in [2.45, 2.75) is 38.8 Å². The van der Waals surface area contributed by atoms with Gasteiger partial charge in [-0.2, -0.15) is 0 Å².